The summed E-state index contributed by atoms with van der Waals surface area (Å²) in [5.74, 6) is 1.58. The highest BCUT2D eigenvalue weighted by Gasteiger charge is 2.14. The molecule has 1 unspecified atom stereocenters. The minimum Gasteiger partial charge on any atom is -0.493 e. The van der Waals surface area contributed by atoms with Crippen LogP contribution in [0.3, 0.4) is 0 Å². The third-order valence-electron chi connectivity index (χ3n) is 3.98. The van der Waals surface area contributed by atoms with Crippen molar-refractivity contribution < 1.29 is 23.7 Å². The first-order chi connectivity index (χ1) is 14.0. The molecule has 1 amide bonds. The van der Waals surface area contributed by atoms with Crippen LogP contribution in [0, 0.1) is 0 Å². The van der Waals surface area contributed by atoms with E-state index < -0.39 is 5.91 Å². The summed E-state index contributed by atoms with van der Waals surface area (Å²) < 4.78 is 21.8. The lowest BCUT2D eigenvalue weighted by molar-refractivity contribution is -0.123. The van der Waals surface area contributed by atoms with Crippen LogP contribution in [0.25, 0.3) is 0 Å². The Kier molecular flexibility index (Phi) is 8.61. The van der Waals surface area contributed by atoms with Crippen LogP contribution in [-0.2, 0) is 4.79 Å². The number of hydrogen-bond acceptors (Lipinski definition) is 6. The Hall–Kier alpha value is -2.93. The molecule has 0 saturated heterocycles. The van der Waals surface area contributed by atoms with E-state index in [0.717, 1.165) is 6.42 Å². The summed E-state index contributed by atoms with van der Waals surface area (Å²) in [6.45, 7) is 3.77. The van der Waals surface area contributed by atoms with Gasteiger partial charge in [0.25, 0.3) is 5.91 Å². The minimum atomic E-state index is -0.415. The molecule has 0 aliphatic rings. The highest BCUT2D eigenvalue weighted by Crippen LogP contribution is 2.37. The SMILES string of the molecule is CCC(C)Oc1c(Cl)cc(C=NNC(=O)COc2ccccc2OC)cc1OC. The predicted octanol–water partition coefficient (Wildman–Crippen LogP) is 4.06. The van der Waals surface area contributed by atoms with E-state index in [0.29, 0.717) is 33.6 Å². The Morgan fingerprint density at radius 1 is 1.17 bits per heavy atom. The molecule has 1 atom stereocenters. The van der Waals surface area contributed by atoms with Gasteiger partial charge in [-0.15, -0.1) is 0 Å². The van der Waals surface area contributed by atoms with E-state index in [1.54, 1.807) is 30.3 Å². The summed E-state index contributed by atoms with van der Waals surface area (Å²) in [5.41, 5.74) is 3.05. The van der Waals surface area contributed by atoms with Crippen LogP contribution in [0.1, 0.15) is 25.8 Å². The molecular formula is C21H25ClN2O5. The van der Waals surface area contributed by atoms with Crippen LogP contribution in [-0.4, -0.2) is 39.1 Å². The van der Waals surface area contributed by atoms with Crippen molar-refractivity contribution in [3.63, 3.8) is 0 Å². The summed E-state index contributed by atoms with van der Waals surface area (Å²) >= 11 is 6.32. The van der Waals surface area contributed by atoms with Crippen molar-refractivity contribution in [3.05, 3.63) is 47.0 Å². The fourth-order valence-corrected chi connectivity index (χ4v) is 2.57. The Morgan fingerprint density at radius 2 is 1.86 bits per heavy atom. The summed E-state index contributed by atoms with van der Waals surface area (Å²) in [6.07, 6.45) is 2.30. The van der Waals surface area contributed by atoms with Gasteiger partial charge in [0.1, 0.15) is 0 Å². The minimum absolute atomic E-state index is 0.00319. The number of carbonyl (C=O) groups excluding carboxylic acids is 1. The molecule has 0 saturated carbocycles. The zero-order valence-electron chi connectivity index (χ0n) is 16.9. The van der Waals surface area contributed by atoms with Gasteiger partial charge in [0.2, 0.25) is 0 Å². The van der Waals surface area contributed by atoms with Crippen molar-refractivity contribution in [2.75, 3.05) is 20.8 Å². The van der Waals surface area contributed by atoms with Crippen LogP contribution in [0.15, 0.2) is 41.5 Å². The number of hydrazone groups is 1. The van der Waals surface area contributed by atoms with Gasteiger partial charge in [-0.2, -0.15) is 5.10 Å². The molecule has 2 aromatic rings. The monoisotopic (exact) mass is 420 g/mol. The topological polar surface area (TPSA) is 78.4 Å². The number of para-hydroxylation sites is 2. The second kappa shape index (κ2) is 11.2. The number of halogens is 1. The van der Waals surface area contributed by atoms with Crippen LogP contribution < -0.4 is 24.4 Å². The molecule has 29 heavy (non-hydrogen) atoms. The van der Waals surface area contributed by atoms with Gasteiger partial charge < -0.3 is 18.9 Å². The van der Waals surface area contributed by atoms with Gasteiger partial charge in [-0.1, -0.05) is 30.7 Å². The maximum atomic E-state index is 11.9. The second-order valence-electron chi connectivity index (χ2n) is 6.10. The maximum absolute atomic E-state index is 11.9. The number of hydrogen-bond donors (Lipinski definition) is 1. The zero-order chi connectivity index (χ0) is 21.2. The van der Waals surface area contributed by atoms with Crippen molar-refractivity contribution in [3.8, 4) is 23.0 Å². The first-order valence-electron chi connectivity index (χ1n) is 9.10. The number of rotatable bonds is 10. The number of ether oxygens (including phenoxy) is 4. The van der Waals surface area contributed by atoms with Gasteiger partial charge in [-0.05, 0) is 43.2 Å². The molecule has 0 spiro atoms. The Labute approximate surface area is 175 Å². The molecule has 0 radical (unpaired) electrons. The van der Waals surface area contributed by atoms with E-state index in [-0.39, 0.29) is 12.7 Å². The summed E-state index contributed by atoms with van der Waals surface area (Å²) in [5, 5.41) is 4.33. The van der Waals surface area contributed by atoms with Gasteiger partial charge in [0.15, 0.2) is 29.6 Å². The van der Waals surface area contributed by atoms with Crippen molar-refractivity contribution in [2.45, 2.75) is 26.4 Å². The third kappa shape index (κ3) is 6.57. The molecule has 0 fully saturated rings. The molecule has 156 valence electrons. The van der Waals surface area contributed by atoms with E-state index in [2.05, 4.69) is 10.5 Å². The molecule has 0 heterocycles. The molecular weight excluding hydrogens is 396 g/mol. The van der Waals surface area contributed by atoms with Crippen molar-refractivity contribution in [1.82, 2.24) is 5.43 Å². The maximum Gasteiger partial charge on any atom is 0.277 e. The van der Waals surface area contributed by atoms with Crippen LogP contribution in [0.5, 0.6) is 23.0 Å². The van der Waals surface area contributed by atoms with Gasteiger partial charge in [-0.3, -0.25) is 4.79 Å². The molecule has 2 rings (SSSR count). The summed E-state index contributed by atoms with van der Waals surface area (Å²) in [6, 6.07) is 10.5. The lowest BCUT2D eigenvalue weighted by atomic mass is 10.2. The van der Waals surface area contributed by atoms with E-state index in [4.69, 9.17) is 30.5 Å². The second-order valence-corrected chi connectivity index (χ2v) is 6.51. The molecule has 2 aromatic carbocycles. The van der Waals surface area contributed by atoms with Gasteiger partial charge in [0.05, 0.1) is 31.6 Å². The Morgan fingerprint density at radius 3 is 2.52 bits per heavy atom. The Bertz CT molecular complexity index is 857. The van der Waals surface area contributed by atoms with Crippen LogP contribution in [0.4, 0.5) is 0 Å². The largest absolute Gasteiger partial charge is 0.493 e. The fourth-order valence-electron chi connectivity index (χ4n) is 2.31. The standard InChI is InChI=1S/C21H25ClN2O5/c1-5-14(2)29-21-16(22)10-15(11-19(21)27-4)12-23-24-20(25)13-28-18-9-7-6-8-17(18)26-3/h6-12,14H,5,13H2,1-4H3,(H,24,25). The number of nitrogens with one attached hydrogen (secondary N) is 1. The van der Waals surface area contributed by atoms with Crippen molar-refractivity contribution in [2.24, 2.45) is 5.10 Å². The van der Waals surface area contributed by atoms with E-state index in [1.807, 2.05) is 19.9 Å². The normalized spacial score (nSPS) is 11.8. The summed E-state index contributed by atoms with van der Waals surface area (Å²) in [7, 11) is 3.07. The number of carbonyl (C=O) groups is 1. The lowest BCUT2D eigenvalue weighted by Gasteiger charge is -2.17. The number of amides is 1. The third-order valence-corrected chi connectivity index (χ3v) is 4.26. The molecule has 8 heteroatoms. The molecule has 0 aliphatic heterocycles. The molecule has 7 nitrogen and oxygen atoms in total. The molecule has 0 aliphatic carbocycles. The number of methoxy groups -OCH3 is 2. The first-order valence-corrected chi connectivity index (χ1v) is 9.48. The zero-order valence-corrected chi connectivity index (χ0v) is 17.7. The molecule has 1 N–H and O–H groups in total. The smallest absolute Gasteiger partial charge is 0.277 e. The van der Waals surface area contributed by atoms with Crippen molar-refractivity contribution in [1.29, 1.82) is 0 Å². The Balaban J connectivity index is 1.97. The van der Waals surface area contributed by atoms with Crippen LogP contribution in [0.2, 0.25) is 5.02 Å². The number of benzene rings is 2. The highest BCUT2D eigenvalue weighted by atomic mass is 35.5. The van der Waals surface area contributed by atoms with Crippen molar-refractivity contribution >= 4 is 23.7 Å². The lowest BCUT2D eigenvalue weighted by Crippen LogP contribution is -2.24. The first kappa shape index (κ1) is 22.4. The quantitative estimate of drug-likeness (QED) is 0.463. The summed E-state index contributed by atoms with van der Waals surface area (Å²) in [4.78, 5) is 11.9. The van der Waals surface area contributed by atoms with Gasteiger partial charge >= 0.3 is 0 Å². The fraction of sp³-hybridized carbons (Fsp3) is 0.333. The van der Waals surface area contributed by atoms with Crippen LogP contribution >= 0.6 is 11.6 Å². The van der Waals surface area contributed by atoms with Gasteiger partial charge in [0, 0.05) is 0 Å². The molecule has 0 aromatic heterocycles. The predicted molar refractivity (Wildman–Crippen MR) is 113 cm³/mol. The molecule has 0 bridgehead atoms. The average molecular weight is 421 g/mol. The average Bonchev–Trinajstić information content (AvgIpc) is 2.73. The van der Waals surface area contributed by atoms with E-state index in [1.165, 1.54) is 20.4 Å². The highest BCUT2D eigenvalue weighted by molar-refractivity contribution is 6.32. The van der Waals surface area contributed by atoms with E-state index >= 15 is 0 Å². The number of nitrogens with zero attached hydrogens (tertiary/aromatic N) is 1. The van der Waals surface area contributed by atoms with E-state index in [9.17, 15) is 4.79 Å². The van der Waals surface area contributed by atoms with Gasteiger partial charge in [-0.25, -0.2) is 5.43 Å².